The van der Waals surface area contributed by atoms with Crippen molar-refractivity contribution in [3.63, 3.8) is 0 Å². The van der Waals surface area contributed by atoms with Gasteiger partial charge in [-0.05, 0) is 61.4 Å². The van der Waals surface area contributed by atoms with Gasteiger partial charge in [-0.2, -0.15) is 0 Å². The van der Waals surface area contributed by atoms with E-state index in [1.807, 2.05) is 0 Å². The van der Waals surface area contributed by atoms with Crippen LogP contribution in [0, 0.1) is 0 Å². The molecule has 0 heterocycles. The van der Waals surface area contributed by atoms with Gasteiger partial charge in [-0.1, -0.05) is 19.3 Å². The van der Waals surface area contributed by atoms with Gasteiger partial charge in [0.2, 0.25) is 5.91 Å². The molecule has 2 aromatic carbocycles. The number of benzene rings is 2. The van der Waals surface area contributed by atoms with Gasteiger partial charge in [-0.25, -0.2) is 4.79 Å². The molecule has 7 nitrogen and oxygen atoms in total. The number of amides is 1. The van der Waals surface area contributed by atoms with Gasteiger partial charge < -0.3 is 20.9 Å². The molecule has 3 rings (SSSR count). The second-order valence-electron chi connectivity index (χ2n) is 6.85. The Bertz CT molecular complexity index is 782. The Balaban J connectivity index is 0.000000232. The lowest BCUT2D eigenvalue weighted by Crippen LogP contribution is -2.22. The Morgan fingerprint density at radius 2 is 1.60 bits per heavy atom. The molecule has 162 valence electrons. The predicted octanol–water partition coefficient (Wildman–Crippen LogP) is 4.13. The zero-order valence-electron chi connectivity index (χ0n) is 17.5. The second-order valence-corrected chi connectivity index (χ2v) is 6.85. The minimum absolute atomic E-state index is 0.117. The van der Waals surface area contributed by atoms with Crippen molar-refractivity contribution in [3.8, 4) is 5.75 Å². The maximum Gasteiger partial charge on any atom is 0.335 e. The third kappa shape index (κ3) is 10.4. The maximum absolute atomic E-state index is 10.6. The summed E-state index contributed by atoms with van der Waals surface area (Å²) in [5.41, 5.74) is 7.21. The minimum Gasteiger partial charge on any atom is -0.497 e. The number of nitrogens with one attached hydrogen (secondary N) is 1. The molecule has 30 heavy (non-hydrogen) atoms. The predicted molar refractivity (Wildman–Crippen MR) is 117 cm³/mol. The number of carboxylic acids is 1. The van der Waals surface area contributed by atoms with E-state index in [1.165, 1.54) is 58.3 Å². The summed E-state index contributed by atoms with van der Waals surface area (Å²) in [6.45, 7) is 1.44. The number of carboxylic acid groups (broad SMARTS) is 1. The van der Waals surface area contributed by atoms with Crippen LogP contribution in [0.2, 0.25) is 0 Å². The number of nitrogens with two attached hydrogens (primary N) is 1. The molecule has 1 aliphatic rings. The highest BCUT2D eigenvalue weighted by molar-refractivity contribution is 5.89. The lowest BCUT2D eigenvalue weighted by atomic mass is 9.97. The largest absolute Gasteiger partial charge is 0.497 e. The fourth-order valence-corrected chi connectivity index (χ4v) is 2.72. The van der Waals surface area contributed by atoms with Gasteiger partial charge in [-0.15, -0.1) is 0 Å². The zero-order valence-corrected chi connectivity index (χ0v) is 17.5. The van der Waals surface area contributed by atoms with Gasteiger partial charge >= 0.3 is 5.97 Å². The van der Waals surface area contributed by atoms with Crippen LogP contribution in [0.3, 0.4) is 0 Å². The van der Waals surface area contributed by atoms with E-state index in [0.717, 1.165) is 6.29 Å². The van der Waals surface area contributed by atoms with E-state index in [9.17, 15) is 14.4 Å². The number of aldehydes is 1. The monoisotopic (exact) mass is 414 g/mol. The number of methoxy groups -OCH3 is 1. The number of hydrogen-bond donors (Lipinski definition) is 3. The van der Waals surface area contributed by atoms with E-state index in [2.05, 4.69) is 5.32 Å². The Morgan fingerprint density at radius 1 is 1.03 bits per heavy atom. The van der Waals surface area contributed by atoms with Crippen molar-refractivity contribution in [1.82, 2.24) is 0 Å². The first-order valence-electron chi connectivity index (χ1n) is 9.81. The Morgan fingerprint density at radius 3 is 1.97 bits per heavy atom. The molecule has 7 heteroatoms. The third-order valence-electron chi connectivity index (χ3n) is 4.35. The highest BCUT2D eigenvalue weighted by Gasteiger charge is 2.06. The van der Waals surface area contributed by atoms with Crippen molar-refractivity contribution >= 4 is 23.9 Å². The zero-order chi connectivity index (χ0) is 22.4. The lowest BCUT2D eigenvalue weighted by Gasteiger charge is -2.15. The molecule has 0 atom stereocenters. The molecule has 1 aliphatic carbocycles. The molecule has 0 spiro atoms. The summed E-state index contributed by atoms with van der Waals surface area (Å²) in [7, 11) is 1.54. The summed E-state index contributed by atoms with van der Waals surface area (Å²) in [4.78, 5) is 31.2. The van der Waals surface area contributed by atoms with Crippen LogP contribution in [0.1, 0.15) is 59.7 Å². The van der Waals surface area contributed by atoms with Crippen LogP contribution in [0.25, 0.3) is 0 Å². The molecular weight excluding hydrogens is 384 g/mol. The molecule has 0 saturated heterocycles. The Hall–Kier alpha value is -3.19. The molecule has 0 aromatic heterocycles. The molecule has 0 radical (unpaired) electrons. The summed E-state index contributed by atoms with van der Waals surface area (Å²) in [6.07, 6.45) is 7.42. The summed E-state index contributed by atoms with van der Waals surface area (Å²) < 4.78 is 4.86. The topological polar surface area (TPSA) is 119 Å². The normalized spacial score (nSPS) is 12.9. The number of ether oxygens (including phenoxy) is 1. The van der Waals surface area contributed by atoms with Crippen molar-refractivity contribution in [2.24, 2.45) is 5.73 Å². The van der Waals surface area contributed by atoms with Crippen molar-refractivity contribution in [2.45, 2.75) is 45.1 Å². The molecule has 1 fully saturated rings. The summed E-state index contributed by atoms with van der Waals surface area (Å²) in [6, 6.07) is 13.4. The molecular formula is C23H30N2O5. The van der Waals surface area contributed by atoms with Crippen molar-refractivity contribution in [1.29, 1.82) is 0 Å². The Kier molecular flexibility index (Phi) is 11.5. The smallest absolute Gasteiger partial charge is 0.335 e. The highest BCUT2D eigenvalue weighted by atomic mass is 16.5. The number of anilines is 1. The maximum atomic E-state index is 10.6. The van der Waals surface area contributed by atoms with Crippen LogP contribution in [0.5, 0.6) is 5.75 Å². The third-order valence-corrected chi connectivity index (χ3v) is 4.35. The number of hydrogen-bond acceptors (Lipinski definition) is 5. The summed E-state index contributed by atoms with van der Waals surface area (Å²) in [5.74, 6) is -0.378. The molecule has 0 unspecified atom stereocenters. The minimum atomic E-state index is -0.923. The molecule has 1 saturated carbocycles. The Labute approximate surface area is 177 Å². The lowest BCUT2D eigenvalue weighted by molar-refractivity contribution is -0.114. The van der Waals surface area contributed by atoms with Crippen LogP contribution in [0.4, 0.5) is 5.69 Å². The fraction of sp³-hybridized carbons (Fsp3) is 0.348. The number of rotatable bonds is 4. The summed E-state index contributed by atoms with van der Waals surface area (Å²) in [5, 5.41) is 11.1. The first-order chi connectivity index (χ1) is 14.3. The van der Waals surface area contributed by atoms with Crippen LogP contribution in [-0.2, 0) is 4.79 Å². The van der Waals surface area contributed by atoms with Gasteiger partial charge in [0.25, 0.3) is 0 Å². The van der Waals surface area contributed by atoms with Gasteiger partial charge in [0.15, 0.2) is 0 Å². The van der Waals surface area contributed by atoms with Crippen LogP contribution in [0.15, 0.2) is 48.5 Å². The van der Waals surface area contributed by atoms with Crippen LogP contribution >= 0.6 is 0 Å². The average molecular weight is 415 g/mol. The quantitative estimate of drug-likeness (QED) is 0.647. The first-order valence-corrected chi connectivity index (χ1v) is 9.81. The van der Waals surface area contributed by atoms with Crippen molar-refractivity contribution < 1.29 is 24.2 Å². The van der Waals surface area contributed by atoms with Gasteiger partial charge in [0.05, 0.1) is 12.7 Å². The number of carbonyl (C=O) groups excluding carboxylic acids is 2. The van der Waals surface area contributed by atoms with Gasteiger partial charge in [-0.3, -0.25) is 9.59 Å². The van der Waals surface area contributed by atoms with Crippen molar-refractivity contribution in [2.75, 3.05) is 12.4 Å². The van der Waals surface area contributed by atoms with E-state index in [0.29, 0.717) is 23.0 Å². The second kappa shape index (κ2) is 13.9. The average Bonchev–Trinajstić information content (AvgIpc) is 2.75. The van der Waals surface area contributed by atoms with Crippen LogP contribution in [-0.4, -0.2) is 36.4 Å². The molecule has 2 aromatic rings. The van der Waals surface area contributed by atoms with Crippen LogP contribution < -0.4 is 15.8 Å². The molecule has 0 bridgehead atoms. The summed E-state index contributed by atoms with van der Waals surface area (Å²) >= 11 is 0. The molecule has 4 N–H and O–H groups in total. The van der Waals surface area contributed by atoms with E-state index in [4.69, 9.17) is 15.6 Å². The highest BCUT2D eigenvalue weighted by Crippen LogP contribution is 2.14. The van der Waals surface area contributed by atoms with Gasteiger partial charge in [0, 0.05) is 24.2 Å². The van der Waals surface area contributed by atoms with E-state index in [-0.39, 0.29) is 11.5 Å². The van der Waals surface area contributed by atoms with Crippen molar-refractivity contribution in [3.05, 3.63) is 59.7 Å². The molecule has 0 aliphatic heterocycles. The van der Waals surface area contributed by atoms with E-state index < -0.39 is 5.97 Å². The number of aromatic carboxylic acids is 1. The van der Waals surface area contributed by atoms with Gasteiger partial charge in [0.1, 0.15) is 12.0 Å². The molecule has 1 amide bonds. The van der Waals surface area contributed by atoms with E-state index in [1.54, 1.807) is 36.4 Å². The first kappa shape index (κ1) is 24.8. The fourth-order valence-electron chi connectivity index (χ4n) is 2.72. The number of carbonyl (C=O) groups is 3. The SMILES string of the molecule is CC(=O)Nc1ccc(C=O)cc1.COc1ccc(C(=O)O)cc1.NC1CCCCC1. The standard InChI is InChI=1S/C9H9NO2.C8H8O3.C6H13N/c1-7(12)10-9-4-2-8(6-11)3-5-9;1-11-7-4-2-6(3-5-7)8(9)10;7-6-4-2-1-3-5-6/h2-6H,1H3,(H,10,12);2-5H,1H3,(H,9,10);6H,1-5,7H2. The van der Waals surface area contributed by atoms with E-state index >= 15 is 0 Å².